The van der Waals surface area contributed by atoms with Gasteiger partial charge in [0.25, 0.3) is 0 Å². The number of hydrogen-bond acceptors (Lipinski definition) is 5. The zero-order chi connectivity index (χ0) is 25.4. The summed E-state index contributed by atoms with van der Waals surface area (Å²) in [6, 6.07) is 2.78. The summed E-state index contributed by atoms with van der Waals surface area (Å²) in [5.41, 5.74) is 5.66. The highest BCUT2D eigenvalue weighted by Gasteiger charge is 2.47. The fourth-order valence-electron chi connectivity index (χ4n) is 8.18. The molecule has 2 aromatic heterocycles. The molecule has 1 aliphatic carbocycles. The number of hydrogen-bond donors (Lipinski definition) is 0. The minimum atomic E-state index is -0.411. The predicted molar refractivity (Wildman–Crippen MR) is 144 cm³/mol. The quantitative estimate of drug-likeness (QED) is 0.347. The van der Waals surface area contributed by atoms with Crippen molar-refractivity contribution in [3.8, 4) is 0 Å². The Labute approximate surface area is 217 Å². The molecule has 2 bridgehead atoms. The number of benzene rings is 1. The van der Waals surface area contributed by atoms with Gasteiger partial charge in [-0.1, -0.05) is 18.1 Å². The molecule has 0 saturated carbocycles. The number of piperidine rings is 3. The Morgan fingerprint density at radius 1 is 1.08 bits per heavy atom. The van der Waals surface area contributed by atoms with Gasteiger partial charge in [-0.2, -0.15) is 0 Å². The van der Waals surface area contributed by atoms with Crippen molar-refractivity contribution in [1.82, 2.24) is 9.80 Å². The molecule has 0 N–H and O–H groups in total. The molecule has 3 aliphatic heterocycles. The molecular formula is C31H36N2O4. The highest BCUT2D eigenvalue weighted by Crippen LogP contribution is 2.45. The van der Waals surface area contributed by atoms with Crippen molar-refractivity contribution in [3.63, 3.8) is 0 Å². The summed E-state index contributed by atoms with van der Waals surface area (Å²) >= 11 is 0. The monoisotopic (exact) mass is 500 g/mol. The maximum absolute atomic E-state index is 13.9. The van der Waals surface area contributed by atoms with Gasteiger partial charge in [0.05, 0.1) is 29.7 Å². The minimum Gasteiger partial charge on any atom is -0.463 e. The summed E-state index contributed by atoms with van der Waals surface area (Å²) in [4.78, 5) is 31.9. The molecule has 0 radical (unpaired) electrons. The van der Waals surface area contributed by atoms with Gasteiger partial charge in [-0.05, 0) is 94.0 Å². The maximum Gasteiger partial charge on any atom is 0.340 e. The van der Waals surface area contributed by atoms with E-state index in [0.29, 0.717) is 29.0 Å². The topological polar surface area (TPSA) is 66.9 Å². The fraction of sp³-hybridized carbons (Fsp3) is 0.548. The lowest BCUT2D eigenvalue weighted by molar-refractivity contribution is -0.135. The van der Waals surface area contributed by atoms with Crippen molar-refractivity contribution in [2.24, 2.45) is 11.8 Å². The summed E-state index contributed by atoms with van der Waals surface area (Å²) < 4.78 is 11.7. The molecule has 7 rings (SSSR count). The summed E-state index contributed by atoms with van der Waals surface area (Å²) in [5, 5.41) is 1.86. The Kier molecular flexibility index (Phi) is 5.40. The van der Waals surface area contributed by atoms with Crippen LogP contribution in [-0.4, -0.2) is 47.4 Å². The van der Waals surface area contributed by atoms with Crippen LogP contribution in [0.2, 0.25) is 0 Å². The van der Waals surface area contributed by atoms with E-state index in [-0.39, 0.29) is 18.4 Å². The van der Waals surface area contributed by atoms with Crippen LogP contribution in [0.4, 0.5) is 0 Å². The first-order chi connectivity index (χ1) is 17.9. The molecule has 194 valence electrons. The van der Waals surface area contributed by atoms with Gasteiger partial charge < -0.3 is 13.7 Å². The number of nitrogens with zero attached hydrogens (tertiary/aromatic N) is 2. The van der Waals surface area contributed by atoms with Crippen molar-refractivity contribution in [2.45, 2.75) is 77.8 Å². The second-order valence-corrected chi connectivity index (χ2v) is 12.0. The van der Waals surface area contributed by atoms with Gasteiger partial charge in [0.1, 0.15) is 11.2 Å². The third kappa shape index (κ3) is 3.55. The van der Waals surface area contributed by atoms with Gasteiger partial charge in [-0.3, -0.25) is 9.69 Å². The molecule has 3 saturated heterocycles. The van der Waals surface area contributed by atoms with Crippen molar-refractivity contribution in [2.75, 3.05) is 19.6 Å². The Morgan fingerprint density at radius 3 is 2.81 bits per heavy atom. The van der Waals surface area contributed by atoms with Crippen LogP contribution >= 0.6 is 0 Å². The third-order valence-corrected chi connectivity index (χ3v) is 9.77. The molecular weight excluding hydrogens is 464 g/mol. The van der Waals surface area contributed by atoms with Gasteiger partial charge in [0, 0.05) is 24.5 Å². The molecule has 3 fully saturated rings. The van der Waals surface area contributed by atoms with E-state index < -0.39 is 5.63 Å². The molecule has 5 heterocycles. The molecule has 1 aromatic carbocycles. The average molecular weight is 501 g/mol. The molecule has 3 aromatic rings. The highest BCUT2D eigenvalue weighted by molar-refractivity contribution is 6.07. The van der Waals surface area contributed by atoms with Crippen LogP contribution in [0, 0.1) is 32.6 Å². The van der Waals surface area contributed by atoms with Crippen LogP contribution in [-0.2, 0) is 11.2 Å². The van der Waals surface area contributed by atoms with E-state index >= 15 is 0 Å². The van der Waals surface area contributed by atoms with Crippen LogP contribution in [0.3, 0.4) is 0 Å². The van der Waals surface area contributed by atoms with Crippen molar-refractivity contribution in [3.05, 3.63) is 56.7 Å². The average Bonchev–Trinajstić information content (AvgIpc) is 3.27. The first-order valence-corrected chi connectivity index (χ1v) is 14.1. The number of carbonyl (C=O) groups is 1. The Balaban J connectivity index is 1.24. The van der Waals surface area contributed by atoms with Gasteiger partial charge in [0.2, 0.25) is 5.91 Å². The zero-order valence-electron chi connectivity index (χ0n) is 22.1. The number of aryl methyl sites for hydroxylation is 3. The molecule has 37 heavy (non-hydrogen) atoms. The Hall–Kier alpha value is -2.86. The number of carbonyl (C=O) groups excluding carboxylic acids is 1. The van der Waals surface area contributed by atoms with Crippen molar-refractivity contribution in [1.29, 1.82) is 0 Å². The predicted octanol–water partition coefficient (Wildman–Crippen LogP) is 5.43. The summed E-state index contributed by atoms with van der Waals surface area (Å²) in [6.45, 7) is 9.02. The number of amides is 1. The lowest BCUT2D eigenvalue weighted by Gasteiger charge is -2.54. The van der Waals surface area contributed by atoms with E-state index in [2.05, 4.69) is 15.9 Å². The number of rotatable bonds is 2. The highest BCUT2D eigenvalue weighted by atomic mass is 16.4. The number of fused-ring (bicyclic) bond motifs is 9. The van der Waals surface area contributed by atoms with E-state index in [0.717, 1.165) is 59.0 Å². The lowest BCUT2D eigenvalue weighted by atomic mass is 9.68. The third-order valence-electron chi connectivity index (χ3n) is 9.77. The normalized spacial score (nSPS) is 27.8. The second-order valence-electron chi connectivity index (χ2n) is 12.0. The van der Waals surface area contributed by atoms with Crippen LogP contribution in [0.1, 0.15) is 60.8 Å². The van der Waals surface area contributed by atoms with Crippen LogP contribution in [0.5, 0.6) is 0 Å². The largest absolute Gasteiger partial charge is 0.463 e. The second kappa shape index (κ2) is 8.59. The Bertz CT molecular complexity index is 1510. The molecule has 0 spiro atoms. The minimum absolute atomic E-state index is 0.0450. The van der Waals surface area contributed by atoms with Crippen LogP contribution in [0.25, 0.3) is 21.9 Å². The van der Waals surface area contributed by atoms with Gasteiger partial charge in [-0.25, -0.2) is 4.79 Å². The van der Waals surface area contributed by atoms with E-state index in [9.17, 15) is 9.59 Å². The standard InChI is InChI=1S/C31H36N2O4/c1-17-11-25-28(30-27(17)18(2)16-36-30)19(3)23(31(35)37-25)14-26(34)33-10-6-7-20-12-21-13-22(29(20)33)15-32-9-5-4-8-24(21)32/h11-12,16,21-22,24,29H,4-10,13-15H2,1-3H3/t21?,22?,24-,29-/m1/s1. The number of likely N-dealkylation sites (tertiary alicyclic amines) is 1. The first kappa shape index (κ1) is 23.3. The van der Waals surface area contributed by atoms with Gasteiger partial charge >= 0.3 is 5.63 Å². The van der Waals surface area contributed by atoms with Gasteiger partial charge in [0.15, 0.2) is 0 Å². The Morgan fingerprint density at radius 2 is 1.95 bits per heavy atom. The fourth-order valence-corrected chi connectivity index (χ4v) is 8.18. The van der Waals surface area contributed by atoms with Crippen molar-refractivity contribution < 1.29 is 13.6 Å². The maximum atomic E-state index is 13.9. The molecule has 1 amide bonds. The van der Waals surface area contributed by atoms with E-state index in [4.69, 9.17) is 8.83 Å². The van der Waals surface area contributed by atoms with E-state index in [1.54, 1.807) is 6.26 Å². The summed E-state index contributed by atoms with van der Waals surface area (Å²) in [6.07, 6.45) is 11.6. The first-order valence-electron chi connectivity index (χ1n) is 14.1. The van der Waals surface area contributed by atoms with Crippen molar-refractivity contribution >= 4 is 27.8 Å². The van der Waals surface area contributed by atoms with Gasteiger partial charge in [-0.15, -0.1) is 0 Å². The lowest BCUT2D eigenvalue weighted by Crippen LogP contribution is -2.60. The van der Waals surface area contributed by atoms with Crippen LogP contribution < -0.4 is 5.63 Å². The molecule has 6 nitrogen and oxygen atoms in total. The summed E-state index contributed by atoms with van der Waals surface area (Å²) in [7, 11) is 0. The SMILES string of the molecule is Cc1coc2c1c(C)cc1oc(=O)c(CC(=O)N3CCCC4=CC5CC(CN6CCCC[C@H]56)[C@@H]43)c(C)c12. The summed E-state index contributed by atoms with van der Waals surface area (Å²) in [5.74, 6) is 1.17. The molecule has 4 aliphatic rings. The zero-order valence-corrected chi connectivity index (χ0v) is 22.1. The number of furan rings is 1. The van der Waals surface area contributed by atoms with E-state index in [1.165, 1.54) is 37.8 Å². The molecule has 6 heteroatoms. The smallest absolute Gasteiger partial charge is 0.340 e. The van der Waals surface area contributed by atoms with Crippen LogP contribution in [0.15, 0.2) is 37.6 Å². The van der Waals surface area contributed by atoms with E-state index in [1.807, 2.05) is 26.8 Å². The molecule has 4 atom stereocenters. The molecule has 2 unspecified atom stereocenters.